The van der Waals surface area contributed by atoms with E-state index >= 15 is 0 Å². The second-order valence-electron chi connectivity index (χ2n) is 4.12. The molecule has 0 bridgehead atoms. The van der Waals surface area contributed by atoms with Crippen LogP contribution >= 0.6 is 22.9 Å². The van der Waals surface area contributed by atoms with Crippen LogP contribution in [0.2, 0.25) is 5.15 Å². The number of methoxy groups -OCH3 is 1. The van der Waals surface area contributed by atoms with Gasteiger partial charge in [-0.3, -0.25) is 0 Å². The molecule has 18 heavy (non-hydrogen) atoms. The van der Waals surface area contributed by atoms with Crippen LogP contribution in [0.4, 0.5) is 5.13 Å². The van der Waals surface area contributed by atoms with Crippen LogP contribution in [0.5, 0.6) is 0 Å². The maximum absolute atomic E-state index is 11.4. The average Bonchev–Trinajstić information content (AvgIpc) is 2.97. The number of esters is 1. The van der Waals surface area contributed by atoms with Gasteiger partial charge in [0.05, 0.1) is 19.3 Å². The van der Waals surface area contributed by atoms with Gasteiger partial charge < -0.3 is 14.8 Å². The van der Waals surface area contributed by atoms with Crippen LogP contribution in [0.3, 0.4) is 0 Å². The highest BCUT2D eigenvalue weighted by Crippen LogP contribution is 2.29. The molecule has 0 aliphatic carbocycles. The van der Waals surface area contributed by atoms with Gasteiger partial charge in [-0.1, -0.05) is 22.9 Å². The Morgan fingerprint density at radius 3 is 3.11 bits per heavy atom. The molecule has 7 heteroatoms. The van der Waals surface area contributed by atoms with E-state index < -0.39 is 5.97 Å². The smallest absolute Gasteiger partial charge is 0.351 e. The molecule has 2 rings (SSSR count). The summed E-state index contributed by atoms with van der Waals surface area (Å²) in [6.45, 7) is 2.84. The van der Waals surface area contributed by atoms with Crippen LogP contribution in [0.25, 0.3) is 0 Å². The third-order valence-corrected chi connectivity index (χ3v) is 4.18. The average molecular weight is 291 g/mol. The summed E-state index contributed by atoms with van der Waals surface area (Å²) in [4.78, 5) is 15.8. The highest BCUT2D eigenvalue weighted by Gasteiger charge is 2.24. The fraction of sp³-hybridized carbons (Fsp3) is 0.636. The Bertz CT molecular complexity index is 432. The molecule has 2 heterocycles. The molecule has 1 N–H and O–H groups in total. The van der Waals surface area contributed by atoms with Crippen molar-refractivity contribution in [1.82, 2.24) is 4.98 Å². The number of aromatic nitrogens is 1. The Kier molecular flexibility index (Phi) is 4.42. The zero-order valence-corrected chi connectivity index (χ0v) is 11.8. The zero-order chi connectivity index (χ0) is 13.1. The molecule has 1 aromatic rings. The maximum Gasteiger partial charge on any atom is 0.351 e. The Balaban J connectivity index is 2.03. The normalized spacial score (nSPS) is 20.7. The molecule has 0 radical (unpaired) electrons. The molecule has 0 saturated carbocycles. The molecule has 0 amide bonds. The third kappa shape index (κ3) is 2.93. The number of anilines is 1. The summed E-state index contributed by atoms with van der Waals surface area (Å²) < 4.78 is 10.2. The molecule has 0 aromatic carbocycles. The van der Waals surface area contributed by atoms with Crippen molar-refractivity contribution in [3.8, 4) is 0 Å². The summed E-state index contributed by atoms with van der Waals surface area (Å²) in [5, 5.41) is 4.00. The summed E-state index contributed by atoms with van der Waals surface area (Å²) >= 11 is 7.08. The van der Waals surface area contributed by atoms with E-state index in [9.17, 15) is 4.79 Å². The molecule has 2 atom stereocenters. The fourth-order valence-corrected chi connectivity index (χ4v) is 3.07. The Morgan fingerprint density at radius 1 is 1.72 bits per heavy atom. The number of rotatable bonds is 4. The fourth-order valence-electron chi connectivity index (χ4n) is 1.87. The topological polar surface area (TPSA) is 60.5 Å². The molecular formula is C11H15ClN2O3S. The number of ether oxygens (including phenoxy) is 2. The predicted octanol–water partition coefficient (Wildman–Crippen LogP) is 2.56. The quantitative estimate of drug-likeness (QED) is 0.864. The summed E-state index contributed by atoms with van der Waals surface area (Å²) in [7, 11) is 1.32. The van der Waals surface area contributed by atoms with Gasteiger partial charge in [-0.15, -0.1) is 0 Å². The Hall–Kier alpha value is -0.850. The van der Waals surface area contributed by atoms with Crippen molar-refractivity contribution >= 4 is 34.0 Å². The number of halogens is 1. The van der Waals surface area contributed by atoms with Gasteiger partial charge in [-0.25, -0.2) is 9.78 Å². The predicted molar refractivity (Wildman–Crippen MR) is 70.5 cm³/mol. The van der Waals surface area contributed by atoms with Crippen LogP contribution in [-0.2, 0) is 9.47 Å². The van der Waals surface area contributed by atoms with Gasteiger partial charge in [0.1, 0.15) is 0 Å². The molecule has 1 aromatic heterocycles. The van der Waals surface area contributed by atoms with Gasteiger partial charge in [0.25, 0.3) is 0 Å². The van der Waals surface area contributed by atoms with Crippen molar-refractivity contribution in [3.63, 3.8) is 0 Å². The molecule has 100 valence electrons. The molecule has 0 spiro atoms. The highest BCUT2D eigenvalue weighted by atomic mass is 35.5. The highest BCUT2D eigenvalue weighted by molar-refractivity contribution is 7.18. The van der Waals surface area contributed by atoms with Gasteiger partial charge >= 0.3 is 5.97 Å². The summed E-state index contributed by atoms with van der Waals surface area (Å²) in [5.41, 5.74) is 0. The lowest BCUT2D eigenvalue weighted by molar-refractivity contribution is 0.0606. The second kappa shape index (κ2) is 5.86. The van der Waals surface area contributed by atoms with Crippen LogP contribution in [0, 0.1) is 0 Å². The molecule has 2 unspecified atom stereocenters. The van der Waals surface area contributed by atoms with E-state index in [2.05, 4.69) is 15.0 Å². The molecule has 1 fully saturated rings. The summed E-state index contributed by atoms with van der Waals surface area (Å²) in [6.07, 6.45) is 2.31. The minimum Gasteiger partial charge on any atom is -0.465 e. The molecule has 1 saturated heterocycles. The van der Waals surface area contributed by atoms with E-state index in [0.717, 1.165) is 19.4 Å². The second-order valence-corrected chi connectivity index (χ2v) is 5.47. The molecule has 5 nitrogen and oxygen atoms in total. The van der Waals surface area contributed by atoms with E-state index in [1.54, 1.807) is 0 Å². The van der Waals surface area contributed by atoms with Crippen molar-refractivity contribution in [2.75, 3.05) is 19.0 Å². The van der Waals surface area contributed by atoms with E-state index in [0.29, 0.717) is 10.0 Å². The first-order chi connectivity index (χ1) is 8.61. The number of thiazole rings is 1. The van der Waals surface area contributed by atoms with E-state index in [1.807, 2.05) is 6.92 Å². The molecule has 1 aliphatic heterocycles. The lowest BCUT2D eigenvalue weighted by atomic mass is 10.1. The lowest BCUT2D eigenvalue weighted by Crippen LogP contribution is -2.29. The zero-order valence-electron chi connectivity index (χ0n) is 10.2. The molecule has 1 aliphatic rings. The number of hydrogen-bond acceptors (Lipinski definition) is 6. The number of carbonyl (C=O) groups excluding carboxylic acids is 1. The van der Waals surface area contributed by atoms with E-state index in [-0.39, 0.29) is 17.3 Å². The third-order valence-electron chi connectivity index (χ3n) is 2.83. The first-order valence-electron chi connectivity index (χ1n) is 5.74. The van der Waals surface area contributed by atoms with Crippen LogP contribution in [-0.4, -0.2) is 36.8 Å². The van der Waals surface area contributed by atoms with Gasteiger partial charge in [0.15, 0.2) is 15.2 Å². The van der Waals surface area contributed by atoms with Crippen molar-refractivity contribution in [1.29, 1.82) is 0 Å². The van der Waals surface area contributed by atoms with Crippen LogP contribution in [0.15, 0.2) is 0 Å². The van der Waals surface area contributed by atoms with Gasteiger partial charge in [-0.05, 0) is 19.8 Å². The lowest BCUT2D eigenvalue weighted by Gasteiger charge is -2.19. The first-order valence-corrected chi connectivity index (χ1v) is 6.94. The van der Waals surface area contributed by atoms with Crippen LogP contribution < -0.4 is 5.32 Å². The number of hydrogen-bond donors (Lipinski definition) is 1. The molecular weight excluding hydrogens is 276 g/mol. The maximum atomic E-state index is 11.4. The Labute approximate surface area is 114 Å². The monoisotopic (exact) mass is 290 g/mol. The number of nitrogens with one attached hydrogen (secondary N) is 1. The minimum absolute atomic E-state index is 0.139. The Morgan fingerprint density at radius 2 is 2.50 bits per heavy atom. The number of carbonyl (C=O) groups is 1. The SMILES string of the molecule is COC(=O)c1sc(NC(C)C2CCCO2)nc1Cl. The van der Waals surface area contributed by atoms with Gasteiger partial charge in [0, 0.05) is 6.61 Å². The van der Waals surface area contributed by atoms with E-state index in [1.165, 1.54) is 18.4 Å². The number of nitrogens with zero attached hydrogens (tertiary/aromatic N) is 1. The largest absolute Gasteiger partial charge is 0.465 e. The van der Waals surface area contributed by atoms with Crippen molar-refractivity contribution in [2.24, 2.45) is 0 Å². The van der Waals surface area contributed by atoms with E-state index in [4.69, 9.17) is 16.3 Å². The standard InChI is InChI=1S/C11H15ClN2O3S/c1-6(7-4-3-5-17-7)13-11-14-9(12)8(18-11)10(15)16-2/h6-7H,3-5H2,1-2H3,(H,13,14). The van der Waals surface area contributed by atoms with Gasteiger partial charge in [0.2, 0.25) is 0 Å². The van der Waals surface area contributed by atoms with Crippen molar-refractivity contribution < 1.29 is 14.3 Å². The first kappa shape index (κ1) is 13.6. The summed E-state index contributed by atoms with van der Waals surface area (Å²) in [6, 6.07) is 0.139. The van der Waals surface area contributed by atoms with Crippen molar-refractivity contribution in [3.05, 3.63) is 10.0 Å². The summed E-state index contributed by atoms with van der Waals surface area (Å²) in [5.74, 6) is -0.463. The minimum atomic E-state index is -0.463. The van der Waals surface area contributed by atoms with Crippen LogP contribution in [0.1, 0.15) is 29.4 Å². The van der Waals surface area contributed by atoms with Gasteiger partial charge in [-0.2, -0.15) is 0 Å². The van der Waals surface area contributed by atoms with Crippen molar-refractivity contribution in [2.45, 2.75) is 31.9 Å².